The largest absolute Gasteiger partial charge is 0.416 e. The number of hydrogen-bond acceptors (Lipinski definition) is 4. The van der Waals surface area contributed by atoms with Crippen molar-refractivity contribution in [3.05, 3.63) is 71.5 Å². The molecule has 0 spiro atoms. The molecular formula is C22H21F3N4O2. The number of halogens is 3. The maximum absolute atomic E-state index is 13.3. The van der Waals surface area contributed by atoms with Crippen molar-refractivity contribution in [1.29, 1.82) is 0 Å². The van der Waals surface area contributed by atoms with Crippen LogP contribution in [0.4, 0.5) is 24.5 Å². The fourth-order valence-corrected chi connectivity index (χ4v) is 3.49. The standard InChI is InChI=1S/C22H21F3N4O2/c1-15-13-19(27-29(15)17-5-3-2-4-6-17)21(30)26-18-14-16(22(23,24)25)7-8-20(18)28-9-11-31-12-10-28/h2-8,13-14H,9-12H2,1H3,(H,26,30). The maximum atomic E-state index is 13.3. The molecule has 1 fully saturated rings. The second-order valence-electron chi connectivity index (χ2n) is 7.20. The summed E-state index contributed by atoms with van der Waals surface area (Å²) in [5, 5.41) is 6.97. The lowest BCUT2D eigenvalue weighted by Crippen LogP contribution is -2.36. The van der Waals surface area contributed by atoms with Gasteiger partial charge in [-0.1, -0.05) is 18.2 Å². The molecule has 1 aromatic heterocycles. The lowest BCUT2D eigenvalue weighted by molar-refractivity contribution is -0.137. The van der Waals surface area contributed by atoms with Crippen LogP contribution in [0.15, 0.2) is 54.6 Å². The van der Waals surface area contributed by atoms with Gasteiger partial charge >= 0.3 is 6.18 Å². The van der Waals surface area contributed by atoms with Crippen molar-refractivity contribution in [2.24, 2.45) is 0 Å². The number of rotatable bonds is 4. The number of morpholine rings is 1. The number of aromatic nitrogens is 2. The van der Waals surface area contributed by atoms with Crippen LogP contribution in [0, 0.1) is 6.92 Å². The quantitative estimate of drug-likeness (QED) is 0.671. The summed E-state index contributed by atoms with van der Waals surface area (Å²) in [7, 11) is 0. The van der Waals surface area contributed by atoms with Crippen LogP contribution in [-0.2, 0) is 10.9 Å². The molecule has 2 aromatic carbocycles. The number of anilines is 2. The van der Waals surface area contributed by atoms with Crippen LogP contribution < -0.4 is 10.2 Å². The third-order valence-corrected chi connectivity index (χ3v) is 5.04. The Morgan fingerprint density at radius 1 is 1.06 bits per heavy atom. The first kappa shape index (κ1) is 20.9. The number of benzene rings is 2. The van der Waals surface area contributed by atoms with Gasteiger partial charge in [-0.05, 0) is 43.3 Å². The topological polar surface area (TPSA) is 59.4 Å². The smallest absolute Gasteiger partial charge is 0.378 e. The average Bonchev–Trinajstić information content (AvgIpc) is 3.16. The molecule has 1 aliphatic rings. The number of alkyl halides is 3. The molecule has 0 saturated carbocycles. The van der Waals surface area contributed by atoms with Gasteiger partial charge in [0.05, 0.1) is 35.8 Å². The van der Waals surface area contributed by atoms with Crippen molar-refractivity contribution in [2.45, 2.75) is 13.1 Å². The van der Waals surface area contributed by atoms with Crippen molar-refractivity contribution in [3.8, 4) is 5.69 Å². The number of para-hydroxylation sites is 1. The SMILES string of the molecule is Cc1cc(C(=O)Nc2cc(C(F)(F)F)ccc2N2CCOCC2)nn1-c1ccccc1. The van der Waals surface area contributed by atoms with Crippen LogP contribution in [-0.4, -0.2) is 42.0 Å². The van der Waals surface area contributed by atoms with E-state index in [1.807, 2.05) is 35.2 Å². The molecule has 9 heteroatoms. The van der Waals surface area contributed by atoms with E-state index in [-0.39, 0.29) is 11.4 Å². The third-order valence-electron chi connectivity index (χ3n) is 5.04. The second-order valence-corrected chi connectivity index (χ2v) is 7.20. The van der Waals surface area contributed by atoms with E-state index in [4.69, 9.17) is 4.74 Å². The first-order valence-corrected chi connectivity index (χ1v) is 9.80. The van der Waals surface area contributed by atoms with E-state index < -0.39 is 17.6 Å². The molecule has 0 radical (unpaired) electrons. The van der Waals surface area contributed by atoms with Gasteiger partial charge in [0.1, 0.15) is 0 Å². The Balaban J connectivity index is 1.65. The van der Waals surface area contributed by atoms with Crippen molar-refractivity contribution in [2.75, 3.05) is 36.5 Å². The molecule has 0 bridgehead atoms. The molecule has 31 heavy (non-hydrogen) atoms. The molecule has 2 heterocycles. The summed E-state index contributed by atoms with van der Waals surface area (Å²) in [6, 6.07) is 14.3. The molecule has 162 valence electrons. The number of nitrogens with one attached hydrogen (secondary N) is 1. The fraction of sp³-hybridized carbons (Fsp3) is 0.273. The van der Waals surface area contributed by atoms with Gasteiger partial charge in [0.2, 0.25) is 0 Å². The Morgan fingerprint density at radius 2 is 1.77 bits per heavy atom. The van der Waals surface area contributed by atoms with Crippen molar-refractivity contribution >= 4 is 17.3 Å². The predicted molar refractivity (Wildman–Crippen MR) is 111 cm³/mol. The third kappa shape index (κ3) is 4.56. The Labute approximate surface area is 177 Å². The minimum atomic E-state index is -4.52. The summed E-state index contributed by atoms with van der Waals surface area (Å²) < 4.78 is 46.8. The monoisotopic (exact) mass is 430 g/mol. The van der Waals surface area contributed by atoms with E-state index in [2.05, 4.69) is 10.4 Å². The Bertz CT molecular complexity index is 1070. The number of amides is 1. The number of carbonyl (C=O) groups is 1. The second kappa shape index (κ2) is 8.43. The predicted octanol–water partition coefficient (Wildman–Crippen LogP) is 4.29. The molecule has 1 aliphatic heterocycles. The number of carbonyl (C=O) groups excluding carboxylic acids is 1. The van der Waals surface area contributed by atoms with Crippen LogP contribution in [0.2, 0.25) is 0 Å². The molecule has 0 aliphatic carbocycles. The number of hydrogen-bond donors (Lipinski definition) is 1. The molecule has 3 aromatic rings. The van der Waals surface area contributed by atoms with Gasteiger partial charge in [0.25, 0.3) is 5.91 Å². The van der Waals surface area contributed by atoms with E-state index >= 15 is 0 Å². The Kier molecular flexibility index (Phi) is 5.69. The van der Waals surface area contributed by atoms with Gasteiger partial charge in [-0.15, -0.1) is 0 Å². The highest BCUT2D eigenvalue weighted by Gasteiger charge is 2.32. The molecular weight excluding hydrogens is 409 g/mol. The van der Waals surface area contributed by atoms with Gasteiger partial charge in [-0.25, -0.2) is 4.68 Å². The molecule has 1 saturated heterocycles. The lowest BCUT2D eigenvalue weighted by atomic mass is 10.1. The van der Waals surface area contributed by atoms with Crippen molar-refractivity contribution in [3.63, 3.8) is 0 Å². The van der Waals surface area contributed by atoms with Gasteiger partial charge in [0.15, 0.2) is 5.69 Å². The Hall–Kier alpha value is -3.33. The number of ether oxygens (including phenoxy) is 1. The lowest BCUT2D eigenvalue weighted by Gasteiger charge is -2.31. The zero-order valence-electron chi connectivity index (χ0n) is 16.8. The maximum Gasteiger partial charge on any atom is 0.416 e. The molecule has 1 N–H and O–H groups in total. The van der Waals surface area contributed by atoms with Crippen LogP contribution in [0.1, 0.15) is 21.7 Å². The van der Waals surface area contributed by atoms with Crippen LogP contribution >= 0.6 is 0 Å². The summed E-state index contributed by atoms with van der Waals surface area (Å²) in [5.74, 6) is -0.577. The van der Waals surface area contributed by atoms with E-state index in [0.717, 1.165) is 23.5 Å². The highest BCUT2D eigenvalue weighted by atomic mass is 19.4. The normalized spacial score (nSPS) is 14.5. The Morgan fingerprint density at radius 3 is 2.45 bits per heavy atom. The van der Waals surface area contributed by atoms with E-state index in [0.29, 0.717) is 32.0 Å². The van der Waals surface area contributed by atoms with Crippen LogP contribution in [0.25, 0.3) is 5.69 Å². The zero-order chi connectivity index (χ0) is 22.0. The van der Waals surface area contributed by atoms with Crippen molar-refractivity contribution in [1.82, 2.24) is 9.78 Å². The van der Waals surface area contributed by atoms with Gasteiger partial charge in [-0.2, -0.15) is 18.3 Å². The molecule has 0 atom stereocenters. The number of nitrogens with zero attached hydrogens (tertiary/aromatic N) is 3. The summed E-state index contributed by atoms with van der Waals surface area (Å²) >= 11 is 0. The van der Waals surface area contributed by atoms with E-state index in [1.165, 1.54) is 6.07 Å². The summed E-state index contributed by atoms with van der Waals surface area (Å²) in [6.07, 6.45) is -4.52. The van der Waals surface area contributed by atoms with Crippen molar-refractivity contribution < 1.29 is 22.7 Å². The van der Waals surface area contributed by atoms with E-state index in [1.54, 1.807) is 17.7 Å². The summed E-state index contributed by atoms with van der Waals surface area (Å²) in [5.41, 5.74) is 1.41. The molecule has 6 nitrogen and oxygen atoms in total. The molecule has 4 rings (SSSR count). The molecule has 0 unspecified atom stereocenters. The van der Waals surface area contributed by atoms with Gasteiger partial charge in [0, 0.05) is 18.8 Å². The average molecular weight is 430 g/mol. The first-order valence-electron chi connectivity index (χ1n) is 9.80. The number of aryl methyl sites for hydroxylation is 1. The van der Waals surface area contributed by atoms with Crippen LogP contribution in [0.5, 0.6) is 0 Å². The summed E-state index contributed by atoms with van der Waals surface area (Å²) in [6.45, 7) is 3.79. The van der Waals surface area contributed by atoms with Gasteiger partial charge < -0.3 is 15.0 Å². The zero-order valence-corrected chi connectivity index (χ0v) is 16.8. The van der Waals surface area contributed by atoms with Gasteiger partial charge in [-0.3, -0.25) is 4.79 Å². The highest BCUT2D eigenvalue weighted by molar-refractivity contribution is 6.05. The highest BCUT2D eigenvalue weighted by Crippen LogP contribution is 2.36. The van der Waals surface area contributed by atoms with Crippen LogP contribution in [0.3, 0.4) is 0 Å². The minimum Gasteiger partial charge on any atom is -0.378 e. The summed E-state index contributed by atoms with van der Waals surface area (Å²) in [4.78, 5) is 14.8. The fourth-order valence-electron chi connectivity index (χ4n) is 3.49. The molecule has 1 amide bonds. The first-order chi connectivity index (χ1) is 14.8. The van der Waals surface area contributed by atoms with E-state index in [9.17, 15) is 18.0 Å². The minimum absolute atomic E-state index is 0.0913.